The number of rotatable bonds is 7. The fourth-order valence-electron chi connectivity index (χ4n) is 3.83. The summed E-state index contributed by atoms with van der Waals surface area (Å²) in [5, 5.41) is 7.57. The lowest BCUT2D eigenvalue weighted by Crippen LogP contribution is -2.45. The molecule has 156 valence electrons. The van der Waals surface area contributed by atoms with E-state index in [1.54, 1.807) is 4.90 Å². The van der Waals surface area contributed by atoms with Crippen LogP contribution < -0.4 is 10.2 Å². The van der Waals surface area contributed by atoms with Gasteiger partial charge in [-0.3, -0.25) is 19.4 Å². The highest BCUT2D eigenvalue weighted by Gasteiger charge is 2.28. The molecule has 1 fully saturated rings. The average Bonchev–Trinajstić information content (AvgIpc) is 3.34. The molecule has 1 N–H and O–H groups in total. The smallest absolute Gasteiger partial charge is 0.240 e. The third-order valence-corrected chi connectivity index (χ3v) is 5.46. The zero-order valence-corrected chi connectivity index (χ0v) is 16.8. The molecular formula is C20H28N6O3. The minimum atomic E-state index is -0.143. The number of amides is 2. The number of carbonyl (C=O) groups is 2. The molecule has 0 saturated carbocycles. The summed E-state index contributed by atoms with van der Waals surface area (Å²) in [5.41, 5.74) is 1.78. The molecule has 0 spiro atoms. The normalized spacial score (nSPS) is 17.4. The summed E-state index contributed by atoms with van der Waals surface area (Å²) < 4.78 is 9.14. The second-order valence-corrected chi connectivity index (χ2v) is 7.50. The van der Waals surface area contributed by atoms with Crippen molar-refractivity contribution in [2.24, 2.45) is 7.05 Å². The predicted molar refractivity (Wildman–Crippen MR) is 108 cm³/mol. The van der Waals surface area contributed by atoms with Gasteiger partial charge in [0.15, 0.2) is 0 Å². The zero-order chi connectivity index (χ0) is 20.2. The van der Waals surface area contributed by atoms with Crippen molar-refractivity contribution in [3.05, 3.63) is 24.4 Å². The molecule has 9 nitrogen and oxygen atoms in total. The minimum absolute atomic E-state index is 0.0225. The van der Waals surface area contributed by atoms with E-state index in [9.17, 15) is 9.59 Å². The first-order valence-corrected chi connectivity index (χ1v) is 10.2. The van der Waals surface area contributed by atoms with Gasteiger partial charge in [-0.25, -0.2) is 4.68 Å². The van der Waals surface area contributed by atoms with E-state index in [2.05, 4.69) is 15.3 Å². The number of nitrogens with zero attached hydrogens (tertiary/aromatic N) is 5. The van der Waals surface area contributed by atoms with E-state index >= 15 is 0 Å². The topological polar surface area (TPSA) is 84.6 Å². The minimum Gasteiger partial charge on any atom is -0.379 e. The van der Waals surface area contributed by atoms with Gasteiger partial charge in [-0.05, 0) is 25.1 Å². The standard InChI is InChI=1S/C20H28N6O3/c1-23-7-2-4-17(23)16-14-19-25(20(28)5-9-26(19)22-16)15-18(27)21-6-3-8-24-10-12-29-13-11-24/h2,4,7,14H,3,5-6,8-13,15H2,1H3,(H,21,27). The Balaban J connectivity index is 1.33. The maximum absolute atomic E-state index is 12.5. The average molecular weight is 400 g/mol. The van der Waals surface area contributed by atoms with E-state index in [1.165, 1.54) is 0 Å². The summed E-state index contributed by atoms with van der Waals surface area (Å²) in [5.74, 6) is 0.496. The van der Waals surface area contributed by atoms with Crippen LogP contribution in [-0.2, 0) is 27.9 Å². The molecule has 9 heteroatoms. The van der Waals surface area contributed by atoms with Crippen LogP contribution in [0.1, 0.15) is 12.8 Å². The van der Waals surface area contributed by atoms with Gasteiger partial charge in [0.1, 0.15) is 18.1 Å². The van der Waals surface area contributed by atoms with Crippen LogP contribution in [0.3, 0.4) is 0 Å². The molecule has 0 unspecified atom stereocenters. The van der Waals surface area contributed by atoms with Gasteiger partial charge in [0.2, 0.25) is 11.8 Å². The number of anilines is 1. The van der Waals surface area contributed by atoms with E-state index < -0.39 is 0 Å². The van der Waals surface area contributed by atoms with E-state index in [0.29, 0.717) is 25.3 Å². The molecule has 1 saturated heterocycles. The summed E-state index contributed by atoms with van der Waals surface area (Å²) in [6.07, 6.45) is 3.20. The van der Waals surface area contributed by atoms with Crippen molar-refractivity contribution in [3.8, 4) is 11.4 Å². The van der Waals surface area contributed by atoms with Crippen LogP contribution in [0.25, 0.3) is 11.4 Å². The molecule has 0 bridgehead atoms. The highest BCUT2D eigenvalue weighted by molar-refractivity contribution is 5.99. The summed E-state index contributed by atoms with van der Waals surface area (Å²) >= 11 is 0. The first kappa shape index (κ1) is 19.7. The molecule has 2 aromatic heterocycles. The Labute approximate surface area is 170 Å². The Kier molecular flexibility index (Phi) is 5.96. The van der Waals surface area contributed by atoms with Gasteiger partial charge in [0.05, 0.1) is 25.5 Å². The monoisotopic (exact) mass is 400 g/mol. The van der Waals surface area contributed by atoms with Crippen LogP contribution in [-0.4, -0.2) is 77.0 Å². The molecule has 4 heterocycles. The van der Waals surface area contributed by atoms with Crippen LogP contribution in [0.15, 0.2) is 24.4 Å². The first-order chi connectivity index (χ1) is 14.1. The Morgan fingerprint density at radius 1 is 1.28 bits per heavy atom. The van der Waals surface area contributed by atoms with Crippen LogP contribution in [0, 0.1) is 0 Å². The molecule has 0 aliphatic carbocycles. The summed E-state index contributed by atoms with van der Waals surface area (Å²) in [6, 6.07) is 5.83. The van der Waals surface area contributed by atoms with Crippen LogP contribution >= 0.6 is 0 Å². The van der Waals surface area contributed by atoms with Gasteiger partial charge in [-0.2, -0.15) is 5.10 Å². The van der Waals surface area contributed by atoms with Crippen molar-refractivity contribution in [1.29, 1.82) is 0 Å². The second kappa shape index (κ2) is 8.79. The zero-order valence-electron chi connectivity index (χ0n) is 16.8. The van der Waals surface area contributed by atoms with E-state index in [4.69, 9.17) is 4.74 Å². The lowest BCUT2D eigenvalue weighted by atomic mass is 10.2. The van der Waals surface area contributed by atoms with E-state index in [1.807, 2.05) is 40.7 Å². The van der Waals surface area contributed by atoms with Gasteiger partial charge < -0.3 is 14.6 Å². The maximum Gasteiger partial charge on any atom is 0.240 e. The molecule has 0 aromatic carbocycles. The van der Waals surface area contributed by atoms with Crippen molar-refractivity contribution in [2.45, 2.75) is 19.4 Å². The number of aryl methyl sites for hydroxylation is 2. The fraction of sp³-hybridized carbons (Fsp3) is 0.550. The lowest BCUT2D eigenvalue weighted by Gasteiger charge is -2.27. The van der Waals surface area contributed by atoms with E-state index in [0.717, 1.165) is 50.7 Å². The first-order valence-electron chi connectivity index (χ1n) is 10.2. The SMILES string of the molecule is Cn1cccc1-c1cc2n(n1)CCC(=O)N2CC(=O)NCCCN1CCOCC1. The summed E-state index contributed by atoms with van der Waals surface area (Å²) in [6.45, 7) is 5.56. The highest BCUT2D eigenvalue weighted by Crippen LogP contribution is 2.27. The van der Waals surface area contributed by atoms with Gasteiger partial charge >= 0.3 is 0 Å². The van der Waals surface area contributed by atoms with E-state index in [-0.39, 0.29) is 18.4 Å². The quantitative estimate of drug-likeness (QED) is 0.683. The Morgan fingerprint density at radius 2 is 2.10 bits per heavy atom. The Hall–Kier alpha value is -2.65. The molecule has 2 aliphatic rings. The van der Waals surface area contributed by atoms with Crippen molar-refractivity contribution >= 4 is 17.6 Å². The van der Waals surface area contributed by atoms with Crippen LogP contribution in [0.5, 0.6) is 0 Å². The van der Waals surface area contributed by atoms with Gasteiger partial charge in [0, 0.05) is 45.4 Å². The summed E-state index contributed by atoms with van der Waals surface area (Å²) in [7, 11) is 1.96. The lowest BCUT2D eigenvalue weighted by molar-refractivity contribution is -0.124. The number of morpholine rings is 1. The highest BCUT2D eigenvalue weighted by atomic mass is 16.5. The van der Waals surface area contributed by atoms with Crippen molar-refractivity contribution < 1.29 is 14.3 Å². The molecule has 2 amide bonds. The number of fused-ring (bicyclic) bond motifs is 1. The molecule has 2 aromatic rings. The van der Waals surface area contributed by atoms with Crippen molar-refractivity contribution in [2.75, 3.05) is 50.8 Å². The Bertz CT molecular complexity index is 867. The molecule has 0 radical (unpaired) electrons. The molecule has 2 aliphatic heterocycles. The fourth-order valence-corrected chi connectivity index (χ4v) is 3.83. The molecule has 0 atom stereocenters. The number of hydrogen-bond acceptors (Lipinski definition) is 5. The number of carbonyl (C=O) groups excluding carboxylic acids is 2. The third-order valence-electron chi connectivity index (χ3n) is 5.46. The predicted octanol–water partition coefficient (Wildman–Crippen LogP) is 0.464. The van der Waals surface area contributed by atoms with Crippen molar-refractivity contribution in [3.63, 3.8) is 0 Å². The second-order valence-electron chi connectivity index (χ2n) is 7.50. The van der Waals surface area contributed by atoms with Gasteiger partial charge in [-0.15, -0.1) is 0 Å². The van der Waals surface area contributed by atoms with Gasteiger partial charge in [-0.1, -0.05) is 0 Å². The third kappa shape index (κ3) is 4.51. The number of nitrogens with one attached hydrogen (secondary N) is 1. The Morgan fingerprint density at radius 3 is 2.86 bits per heavy atom. The molecular weight excluding hydrogens is 372 g/mol. The van der Waals surface area contributed by atoms with Crippen LogP contribution in [0.2, 0.25) is 0 Å². The van der Waals surface area contributed by atoms with Gasteiger partial charge in [0.25, 0.3) is 0 Å². The summed E-state index contributed by atoms with van der Waals surface area (Å²) in [4.78, 5) is 28.8. The number of ether oxygens (including phenoxy) is 1. The number of aromatic nitrogens is 3. The molecule has 4 rings (SSSR count). The largest absolute Gasteiger partial charge is 0.379 e. The maximum atomic E-state index is 12.5. The van der Waals surface area contributed by atoms with Crippen molar-refractivity contribution in [1.82, 2.24) is 24.6 Å². The number of hydrogen-bond donors (Lipinski definition) is 1. The van der Waals surface area contributed by atoms with Crippen LogP contribution in [0.4, 0.5) is 5.82 Å². The molecule has 29 heavy (non-hydrogen) atoms.